The van der Waals surface area contributed by atoms with Crippen LogP contribution in [0.2, 0.25) is 0 Å². The van der Waals surface area contributed by atoms with Crippen molar-refractivity contribution in [3.63, 3.8) is 0 Å². The lowest BCUT2D eigenvalue weighted by Crippen LogP contribution is -2.29. The Morgan fingerprint density at radius 1 is 1.40 bits per heavy atom. The van der Waals surface area contributed by atoms with E-state index in [-0.39, 0.29) is 0 Å². The maximum atomic E-state index is 3.53. The molecule has 0 bridgehead atoms. The minimum absolute atomic E-state index is 0.657. The SMILES string of the molecule is Cc1cccc(NC[C@H]2CCCN2)c1C. The third-order valence-corrected chi connectivity index (χ3v) is 3.31. The standard InChI is InChI=1S/C13H20N2/c1-10-5-3-7-13(11(10)2)15-9-12-6-4-8-14-12/h3,5,7,12,14-15H,4,6,8-9H2,1-2H3/t12-/m1/s1. The van der Waals surface area contributed by atoms with E-state index in [4.69, 9.17) is 0 Å². The van der Waals surface area contributed by atoms with Gasteiger partial charge in [-0.05, 0) is 50.4 Å². The van der Waals surface area contributed by atoms with E-state index in [1.165, 1.54) is 36.2 Å². The second-order valence-electron chi connectivity index (χ2n) is 4.42. The molecular weight excluding hydrogens is 184 g/mol. The van der Waals surface area contributed by atoms with Gasteiger partial charge in [0.1, 0.15) is 0 Å². The van der Waals surface area contributed by atoms with E-state index in [1.807, 2.05) is 0 Å². The Morgan fingerprint density at radius 3 is 3.00 bits per heavy atom. The second kappa shape index (κ2) is 4.67. The van der Waals surface area contributed by atoms with E-state index >= 15 is 0 Å². The monoisotopic (exact) mass is 204 g/mol. The van der Waals surface area contributed by atoms with Gasteiger partial charge in [0.25, 0.3) is 0 Å². The molecule has 1 saturated heterocycles. The Bertz CT molecular complexity index is 327. The number of hydrogen-bond donors (Lipinski definition) is 2. The molecule has 0 unspecified atom stereocenters. The first-order chi connectivity index (χ1) is 7.27. The maximum Gasteiger partial charge on any atom is 0.0373 e. The Morgan fingerprint density at radius 2 is 2.27 bits per heavy atom. The predicted octanol–water partition coefficient (Wildman–Crippen LogP) is 2.47. The van der Waals surface area contributed by atoms with Crippen LogP contribution in [0.25, 0.3) is 0 Å². The molecule has 0 amide bonds. The van der Waals surface area contributed by atoms with Gasteiger partial charge in [-0.15, -0.1) is 0 Å². The van der Waals surface area contributed by atoms with Gasteiger partial charge in [0, 0.05) is 18.3 Å². The van der Waals surface area contributed by atoms with Gasteiger partial charge in [-0.3, -0.25) is 0 Å². The molecule has 15 heavy (non-hydrogen) atoms. The summed E-state index contributed by atoms with van der Waals surface area (Å²) in [5.41, 5.74) is 4.01. The Balaban J connectivity index is 1.95. The summed E-state index contributed by atoms with van der Waals surface area (Å²) in [5.74, 6) is 0. The molecule has 2 rings (SSSR count). The Labute approximate surface area is 92.1 Å². The lowest BCUT2D eigenvalue weighted by molar-refractivity contribution is 0.633. The first-order valence-electron chi connectivity index (χ1n) is 5.81. The lowest BCUT2D eigenvalue weighted by Gasteiger charge is -2.15. The van der Waals surface area contributed by atoms with Crippen LogP contribution in [-0.2, 0) is 0 Å². The molecule has 0 aromatic heterocycles. The van der Waals surface area contributed by atoms with Crippen LogP contribution in [0.4, 0.5) is 5.69 Å². The molecule has 2 N–H and O–H groups in total. The predicted molar refractivity (Wildman–Crippen MR) is 65.4 cm³/mol. The number of aryl methyl sites for hydroxylation is 1. The van der Waals surface area contributed by atoms with Crippen molar-refractivity contribution < 1.29 is 0 Å². The third-order valence-electron chi connectivity index (χ3n) is 3.31. The van der Waals surface area contributed by atoms with Gasteiger partial charge in [-0.25, -0.2) is 0 Å². The van der Waals surface area contributed by atoms with Crippen LogP contribution in [0.1, 0.15) is 24.0 Å². The molecule has 0 spiro atoms. The zero-order chi connectivity index (χ0) is 10.7. The normalized spacial score (nSPS) is 20.5. The molecule has 0 radical (unpaired) electrons. The Kier molecular flexibility index (Phi) is 3.27. The Hall–Kier alpha value is -1.02. The first kappa shape index (κ1) is 10.5. The van der Waals surface area contributed by atoms with Crippen LogP contribution >= 0.6 is 0 Å². The van der Waals surface area contributed by atoms with Crippen molar-refractivity contribution in [3.8, 4) is 0 Å². The summed E-state index contributed by atoms with van der Waals surface area (Å²) in [5, 5.41) is 7.03. The zero-order valence-corrected chi connectivity index (χ0v) is 9.64. The molecule has 1 fully saturated rings. The fraction of sp³-hybridized carbons (Fsp3) is 0.538. The van der Waals surface area contributed by atoms with Gasteiger partial charge in [0.2, 0.25) is 0 Å². The van der Waals surface area contributed by atoms with Crippen LogP contribution in [0.3, 0.4) is 0 Å². The summed E-state index contributed by atoms with van der Waals surface area (Å²) >= 11 is 0. The number of anilines is 1. The number of hydrogen-bond acceptors (Lipinski definition) is 2. The average molecular weight is 204 g/mol. The largest absolute Gasteiger partial charge is 0.383 e. The van der Waals surface area contributed by atoms with Crippen molar-refractivity contribution in [2.24, 2.45) is 0 Å². The fourth-order valence-corrected chi connectivity index (χ4v) is 2.11. The molecule has 2 heteroatoms. The average Bonchev–Trinajstić information content (AvgIpc) is 2.73. The first-order valence-corrected chi connectivity index (χ1v) is 5.81. The number of rotatable bonds is 3. The van der Waals surface area contributed by atoms with Crippen LogP contribution in [0.5, 0.6) is 0 Å². The molecule has 1 aromatic carbocycles. The third kappa shape index (κ3) is 2.51. The minimum Gasteiger partial charge on any atom is -0.383 e. The maximum absolute atomic E-state index is 3.53. The summed E-state index contributed by atoms with van der Waals surface area (Å²) in [6.45, 7) is 6.57. The molecule has 1 heterocycles. The molecule has 0 aliphatic carbocycles. The molecule has 2 nitrogen and oxygen atoms in total. The van der Waals surface area contributed by atoms with Gasteiger partial charge in [0.05, 0.1) is 0 Å². The van der Waals surface area contributed by atoms with Gasteiger partial charge in [-0.1, -0.05) is 12.1 Å². The van der Waals surface area contributed by atoms with Crippen molar-refractivity contribution in [1.29, 1.82) is 0 Å². The van der Waals surface area contributed by atoms with Gasteiger partial charge in [0.15, 0.2) is 0 Å². The summed E-state index contributed by atoms with van der Waals surface area (Å²) in [7, 11) is 0. The van der Waals surface area contributed by atoms with E-state index in [9.17, 15) is 0 Å². The fourth-order valence-electron chi connectivity index (χ4n) is 2.11. The number of nitrogens with one attached hydrogen (secondary N) is 2. The van der Waals surface area contributed by atoms with E-state index in [0.717, 1.165) is 6.54 Å². The van der Waals surface area contributed by atoms with Crippen LogP contribution in [-0.4, -0.2) is 19.1 Å². The molecule has 1 aromatic rings. The highest BCUT2D eigenvalue weighted by atomic mass is 15.0. The second-order valence-corrected chi connectivity index (χ2v) is 4.42. The topological polar surface area (TPSA) is 24.1 Å². The van der Waals surface area contributed by atoms with Crippen molar-refractivity contribution in [1.82, 2.24) is 5.32 Å². The van der Waals surface area contributed by atoms with E-state index < -0.39 is 0 Å². The van der Waals surface area contributed by atoms with Crippen LogP contribution in [0, 0.1) is 13.8 Å². The summed E-state index contributed by atoms with van der Waals surface area (Å²) in [6, 6.07) is 7.10. The lowest BCUT2D eigenvalue weighted by atomic mass is 10.1. The van der Waals surface area contributed by atoms with Gasteiger partial charge in [-0.2, -0.15) is 0 Å². The summed E-state index contributed by atoms with van der Waals surface area (Å²) in [6.07, 6.45) is 2.62. The zero-order valence-electron chi connectivity index (χ0n) is 9.64. The highest BCUT2D eigenvalue weighted by Gasteiger charge is 2.13. The molecule has 82 valence electrons. The highest BCUT2D eigenvalue weighted by molar-refractivity contribution is 5.53. The molecular formula is C13H20N2. The van der Waals surface area contributed by atoms with E-state index in [1.54, 1.807) is 0 Å². The van der Waals surface area contributed by atoms with Gasteiger partial charge >= 0.3 is 0 Å². The van der Waals surface area contributed by atoms with Crippen LogP contribution < -0.4 is 10.6 Å². The number of benzene rings is 1. The van der Waals surface area contributed by atoms with Crippen molar-refractivity contribution in [3.05, 3.63) is 29.3 Å². The summed E-state index contributed by atoms with van der Waals surface area (Å²) in [4.78, 5) is 0. The van der Waals surface area contributed by atoms with Crippen molar-refractivity contribution >= 4 is 5.69 Å². The van der Waals surface area contributed by atoms with E-state index in [0.29, 0.717) is 6.04 Å². The molecule has 1 atom stereocenters. The quantitative estimate of drug-likeness (QED) is 0.790. The smallest absolute Gasteiger partial charge is 0.0373 e. The molecule has 0 saturated carbocycles. The van der Waals surface area contributed by atoms with E-state index in [2.05, 4.69) is 42.7 Å². The van der Waals surface area contributed by atoms with Crippen molar-refractivity contribution in [2.75, 3.05) is 18.4 Å². The van der Waals surface area contributed by atoms with Crippen molar-refractivity contribution in [2.45, 2.75) is 32.7 Å². The minimum atomic E-state index is 0.657. The highest BCUT2D eigenvalue weighted by Crippen LogP contribution is 2.18. The van der Waals surface area contributed by atoms with Crippen LogP contribution in [0.15, 0.2) is 18.2 Å². The molecule has 1 aliphatic heterocycles. The summed E-state index contributed by atoms with van der Waals surface area (Å²) < 4.78 is 0. The van der Waals surface area contributed by atoms with Gasteiger partial charge < -0.3 is 10.6 Å². The molecule has 1 aliphatic rings.